The van der Waals surface area contributed by atoms with Crippen molar-refractivity contribution in [3.63, 3.8) is 0 Å². The number of halogens is 1. The molecule has 0 aliphatic carbocycles. The fourth-order valence-corrected chi connectivity index (χ4v) is 2.24. The van der Waals surface area contributed by atoms with Crippen LogP contribution in [0.15, 0.2) is 42.5 Å². The van der Waals surface area contributed by atoms with E-state index in [0.29, 0.717) is 0 Å². The third-order valence-corrected chi connectivity index (χ3v) is 3.19. The lowest BCUT2D eigenvalue weighted by atomic mass is 10.1. The molecule has 2 aromatic carbocycles. The monoisotopic (exact) mass is 260 g/mol. The maximum atomic E-state index is 5.99. The normalized spacial score (nSPS) is 10.4. The average molecular weight is 261 g/mol. The summed E-state index contributed by atoms with van der Waals surface area (Å²) in [5.41, 5.74) is 10.2. The maximum absolute atomic E-state index is 5.99. The Morgan fingerprint density at radius 1 is 1.17 bits per heavy atom. The molecule has 0 aliphatic heterocycles. The molecule has 0 aliphatic rings. The van der Waals surface area contributed by atoms with Crippen LogP contribution in [-0.2, 0) is 6.54 Å². The number of nitrogens with two attached hydrogens (primary N) is 1. The molecule has 0 spiro atoms. The smallest absolute Gasteiger partial charge is 0.0426 e. The number of nitrogen functional groups attached to an aromatic ring is 1. The molecule has 2 nitrogen and oxygen atoms in total. The van der Waals surface area contributed by atoms with Crippen molar-refractivity contribution in [2.24, 2.45) is 0 Å². The van der Waals surface area contributed by atoms with Crippen molar-refractivity contribution >= 4 is 23.0 Å². The zero-order valence-corrected chi connectivity index (χ0v) is 11.4. The molecule has 0 saturated heterocycles. The second kappa shape index (κ2) is 5.32. The van der Waals surface area contributed by atoms with Crippen molar-refractivity contribution in [2.45, 2.75) is 13.5 Å². The van der Waals surface area contributed by atoms with Gasteiger partial charge in [-0.1, -0.05) is 29.8 Å². The summed E-state index contributed by atoms with van der Waals surface area (Å²) >= 11 is 5.99. The third-order valence-electron chi connectivity index (χ3n) is 2.95. The largest absolute Gasteiger partial charge is 0.399 e. The average Bonchev–Trinajstić information content (AvgIpc) is 2.32. The Morgan fingerprint density at radius 3 is 2.67 bits per heavy atom. The van der Waals surface area contributed by atoms with E-state index in [1.54, 1.807) is 0 Å². The van der Waals surface area contributed by atoms with E-state index in [-0.39, 0.29) is 0 Å². The fraction of sp³-hybridized carbons (Fsp3) is 0.200. The molecule has 0 saturated carbocycles. The highest BCUT2D eigenvalue weighted by Crippen LogP contribution is 2.23. The summed E-state index contributed by atoms with van der Waals surface area (Å²) in [6.45, 7) is 2.90. The quantitative estimate of drug-likeness (QED) is 0.849. The predicted molar refractivity (Wildman–Crippen MR) is 79.2 cm³/mol. The van der Waals surface area contributed by atoms with Gasteiger partial charge in [0.2, 0.25) is 0 Å². The number of nitrogens with zero attached hydrogens (tertiary/aromatic N) is 1. The van der Waals surface area contributed by atoms with Gasteiger partial charge in [0.05, 0.1) is 0 Å². The summed E-state index contributed by atoms with van der Waals surface area (Å²) in [6.07, 6.45) is 0. The van der Waals surface area contributed by atoms with Crippen LogP contribution in [0.3, 0.4) is 0 Å². The molecule has 0 radical (unpaired) electrons. The summed E-state index contributed by atoms with van der Waals surface area (Å²) in [7, 11) is 2.06. The van der Waals surface area contributed by atoms with Gasteiger partial charge in [0.1, 0.15) is 0 Å². The van der Waals surface area contributed by atoms with Crippen molar-refractivity contribution in [3.05, 3.63) is 58.6 Å². The van der Waals surface area contributed by atoms with E-state index >= 15 is 0 Å². The Kier molecular flexibility index (Phi) is 3.78. The highest BCUT2D eigenvalue weighted by Gasteiger charge is 2.06. The first-order valence-corrected chi connectivity index (χ1v) is 6.26. The molecule has 0 atom stereocenters. The number of anilines is 2. The van der Waals surface area contributed by atoms with Crippen molar-refractivity contribution in [1.29, 1.82) is 0 Å². The van der Waals surface area contributed by atoms with Crippen LogP contribution < -0.4 is 10.6 Å². The van der Waals surface area contributed by atoms with Crippen LogP contribution in [0.1, 0.15) is 11.1 Å². The van der Waals surface area contributed by atoms with Gasteiger partial charge in [-0.25, -0.2) is 0 Å². The third kappa shape index (κ3) is 2.96. The zero-order chi connectivity index (χ0) is 13.1. The predicted octanol–water partition coefficient (Wildman–Crippen LogP) is 3.87. The first kappa shape index (κ1) is 12.8. The number of aryl methyl sites for hydroxylation is 1. The minimum absolute atomic E-state index is 0.769. The van der Waals surface area contributed by atoms with Crippen molar-refractivity contribution in [1.82, 2.24) is 0 Å². The second-order valence-corrected chi connectivity index (χ2v) is 4.97. The van der Waals surface area contributed by atoms with Gasteiger partial charge in [0.25, 0.3) is 0 Å². The summed E-state index contributed by atoms with van der Waals surface area (Å²) < 4.78 is 0. The number of benzene rings is 2. The van der Waals surface area contributed by atoms with Crippen LogP contribution in [0.25, 0.3) is 0 Å². The van der Waals surface area contributed by atoms with Gasteiger partial charge in [0.15, 0.2) is 0 Å². The Hall–Kier alpha value is -1.67. The van der Waals surface area contributed by atoms with E-state index in [0.717, 1.165) is 22.9 Å². The molecule has 2 rings (SSSR count). The molecule has 0 heterocycles. The van der Waals surface area contributed by atoms with Gasteiger partial charge >= 0.3 is 0 Å². The van der Waals surface area contributed by atoms with Gasteiger partial charge in [0, 0.05) is 30.0 Å². The van der Waals surface area contributed by atoms with Crippen LogP contribution in [0, 0.1) is 6.92 Å². The van der Waals surface area contributed by atoms with E-state index < -0.39 is 0 Å². The Morgan fingerprint density at radius 2 is 1.94 bits per heavy atom. The van der Waals surface area contributed by atoms with Gasteiger partial charge in [-0.3, -0.25) is 0 Å². The molecule has 2 aromatic rings. The summed E-state index contributed by atoms with van der Waals surface area (Å²) in [5, 5.41) is 0.769. The first-order chi connectivity index (χ1) is 8.56. The maximum Gasteiger partial charge on any atom is 0.0426 e. The lowest BCUT2D eigenvalue weighted by Crippen LogP contribution is -2.17. The van der Waals surface area contributed by atoms with E-state index in [1.165, 1.54) is 11.1 Å². The van der Waals surface area contributed by atoms with E-state index in [1.807, 2.05) is 36.4 Å². The van der Waals surface area contributed by atoms with Crippen LogP contribution in [-0.4, -0.2) is 7.05 Å². The van der Waals surface area contributed by atoms with Crippen molar-refractivity contribution < 1.29 is 0 Å². The van der Waals surface area contributed by atoms with Gasteiger partial charge in [-0.05, 0) is 42.3 Å². The Bertz CT molecular complexity index is 552. The SMILES string of the molecule is Cc1ccc(N)cc1N(C)Cc1cccc(Cl)c1. The van der Waals surface area contributed by atoms with Crippen LogP contribution in [0.4, 0.5) is 11.4 Å². The topological polar surface area (TPSA) is 29.3 Å². The minimum atomic E-state index is 0.769. The molecule has 0 fully saturated rings. The molecule has 0 bridgehead atoms. The molecule has 0 amide bonds. The summed E-state index contributed by atoms with van der Waals surface area (Å²) in [6, 6.07) is 13.9. The molecule has 0 unspecified atom stereocenters. The highest BCUT2D eigenvalue weighted by molar-refractivity contribution is 6.30. The van der Waals surface area contributed by atoms with Crippen molar-refractivity contribution in [2.75, 3.05) is 17.7 Å². The van der Waals surface area contributed by atoms with E-state index in [4.69, 9.17) is 17.3 Å². The highest BCUT2D eigenvalue weighted by atomic mass is 35.5. The minimum Gasteiger partial charge on any atom is -0.399 e. The molecular formula is C15H17ClN2. The standard InChI is InChI=1S/C15H17ClN2/c1-11-6-7-14(17)9-15(11)18(2)10-12-4-3-5-13(16)8-12/h3-9H,10,17H2,1-2H3. The van der Waals surface area contributed by atoms with Crippen molar-refractivity contribution in [3.8, 4) is 0 Å². The van der Waals surface area contributed by atoms with Crippen LogP contribution >= 0.6 is 11.6 Å². The molecule has 3 heteroatoms. The molecule has 0 aromatic heterocycles. The van der Waals surface area contributed by atoms with E-state index in [9.17, 15) is 0 Å². The van der Waals surface area contributed by atoms with Crippen LogP contribution in [0.2, 0.25) is 5.02 Å². The molecule has 2 N–H and O–H groups in total. The zero-order valence-electron chi connectivity index (χ0n) is 10.7. The molecular weight excluding hydrogens is 244 g/mol. The fourth-order valence-electron chi connectivity index (χ4n) is 2.03. The number of hydrogen-bond donors (Lipinski definition) is 1. The lowest BCUT2D eigenvalue weighted by Gasteiger charge is -2.22. The Balaban J connectivity index is 2.21. The second-order valence-electron chi connectivity index (χ2n) is 4.53. The molecule has 94 valence electrons. The first-order valence-electron chi connectivity index (χ1n) is 5.88. The van der Waals surface area contributed by atoms with Gasteiger partial charge in [-0.2, -0.15) is 0 Å². The Labute approximate surface area is 113 Å². The summed E-state index contributed by atoms with van der Waals surface area (Å²) in [4.78, 5) is 2.18. The number of hydrogen-bond acceptors (Lipinski definition) is 2. The lowest BCUT2D eigenvalue weighted by molar-refractivity contribution is 0.918. The number of rotatable bonds is 3. The molecule has 18 heavy (non-hydrogen) atoms. The van der Waals surface area contributed by atoms with E-state index in [2.05, 4.69) is 24.9 Å². The summed E-state index contributed by atoms with van der Waals surface area (Å²) in [5.74, 6) is 0. The van der Waals surface area contributed by atoms with Gasteiger partial charge in [-0.15, -0.1) is 0 Å². The van der Waals surface area contributed by atoms with Crippen LogP contribution in [0.5, 0.6) is 0 Å². The van der Waals surface area contributed by atoms with Gasteiger partial charge < -0.3 is 10.6 Å².